The van der Waals surface area contributed by atoms with Gasteiger partial charge in [-0.25, -0.2) is 0 Å². The Bertz CT molecular complexity index is 105. The molecular weight excluding hydrogens is 119 g/mol. The van der Waals surface area contributed by atoms with E-state index in [2.05, 4.69) is 34.7 Å². The monoisotopic (exact) mass is 138 g/mol. The largest absolute Gasteiger partial charge is 0.101 e. The third kappa shape index (κ3) is 3.76. The van der Waals surface area contributed by atoms with Gasteiger partial charge in [0, 0.05) is 0 Å². The molecule has 0 aliphatic rings. The minimum absolute atomic E-state index is 0.796. The quantitative estimate of drug-likeness (QED) is 0.413. The highest BCUT2D eigenvalue weighted by atomic mass is 14.0. The Morgan fingerprint density at radius 2 is 2.20 bits per heavy atom. The molecule has 0 aliphatic carbocycles. The molecule has 1 heteroatoms. The van der Waals surface area contributed by atoms with Crippen LogP contribution in [0.3, 0.4) is 0 Å². The van der Waals surface area contributed by atoms with E-state index >= 15 is 0 Å². The lowest BCUT2D eigenvalue weighted by Crippen LogP contribution is -1.95. The number of hydrogen-bond donors (Lipinski definition) is 0. The van der Waals surface area contributed by atoms with Gasteiger partial charge in [-0.2, -0.15) is 0 Å². The molecule has 10 heavy (non-hydrogen) atoms. The van der Waals surface area contributed by atoms with Gasteiger partial charge >= 0.3 is 0 Å². The Morgan fingerprint density at radius 3 is 2.60 bits per heavy atom. The van der Waals surface area contributed by atoms with Crippen molar-refractivity contribution in [3.8, 4) is 0 Å². The Labute approximate surface area is 66.1 Å². The summed E-state index contributed by atoms with van der Waals surface area (Å²) in [5.74, 6) is 0.796. The van der Waals surface area contributed by atoms with E-state index in [1.165, 1.54) is 19.2 Å². The maximum absolute atomic E-state index is 2.33. The van der Waals surface area contributed by atoms with Gasteiger partial charge in [-0.3, -0.25) is 0 Å². The zero-order chi connectivity index (χ0) is 7.98. The van der Waals surface area contributed by atoms with E-state index in [1.807, 2.05) is 0 Å². The van der Waals surface area contributed by atoms with Crippen molar-refractivity contribution >= 4 is 7.85 Å². The molecule has 0 amide bonds. The maximum atomic E-state index is 2.33. The standard InChI is InChI=1S/C9H19B/c1-4-5-8(2)9(3)6-7-10/h5,9H,4,6-7,10H2,1-3H3/b8-5-. The van der Waals surface area contributed by atoms with Crippen LogP contribution in [0.5, 0.6) is 0 Å². The third-order valence-electron chi connectivity index (χ3n) is 2.03. The van der Waals surface area contributed by atoms with Gasteiger partial charge in [-0.1, -0.05) is 38.2 Å². The fraction of sp³-hybridized carbons (Fsp3) is 0.778. The molecule has 0 nitrogen and oxygen atoms in total. The van der Waals surface area contributed by atoms with Crippen LogP contribution in [-0.4, -0.2) is 7.85 Å². The summed E-state index contributed by atoms with van der Waals surface area (Å²) in [4.78, 5) is 0. The van der Waals surface area contributed by atoms with Crippen LogP contribution in [0.1, 0.15) is 33.6 Å². The van der Waals surface area contributed by atoms with Gasteiger partial charge in [0.1, 0.15) is 7.85 Å². The van der Waals surface area contributed by atoms with Crippen LogP contribution >= 0.6 is 0 Å². The minimum Gasteiger partial charge on any atom is -0.0856 e. The van der Waals surface area contributed by atoms with Gasteiger partial charge in [-0.05, 0) is 19.3 Å². The van der Waals surface area contributed by atoms with Crippen LogP contribution in [-0.2, 0) is 0 Å². The van der Waals surface area contributed by atoms with Crippen LogP contribution in [0.25, 0.3) is 0 Å². The number of hydrogen-bond acceptors (Lipinski definition) is 0. The van der Waals surface area contributed by atoms with Crippen molar-refractivity contribution in [2.45, 2.75) is 39.9 Å². The first-order valence-corrected chi connectivity index (χ1v) is 4.39. The van der Waals surface area contributed by atoms with Gasteiger partial charge in [0.15, 0.2) is 0 Å². The van der Waals surface area contributed by atoms with Gasteiger partial charge in [0.05, 0.1) is 0 Å². The van der Waals surface area contributed by atoms with E-state index in [4.69, 9.17) is 0 Å². The predicted molar refractivity (Wildman–Crippen MR) is 51.2 cm³/mol. The number of rotatable bonds is 4. The summed E-state index contributed by atoms with van der Waals surface area (Å²) in [6.07, 6.45) is 6.15. The molecule has 0 N–H and O–H groups in total. The van der Waals surface area contributed by atoms with Crippen LogP contribution in [0, 0.1) is 5.92 Å². The van der Waals surface area contributed by atoms with Crippen molar-refractivity contribution in [3.63, 3.8) is 0 Å². The summed E-state index contributed by atoms with van der Waals surface area (Å²) in [6, 6.07) is 0. The van der Waals surface area contributed by atoms with Gasteiger partial charge in [-0.15, -0.1) is 0 Å². The molecule has 0 aromatic carbocycles. The van der Waals surface area contributed by atoms with Crippen molar-refractivity contribution in [2.75, 3.05) is 0 Å². The molecule has 0 radical (unpaired) electrons. The first-order valence-electron chi connectivity index (χ1n) is 4.39. The Kier molecular flexibility index (Phi) is 5.47. The summed E-state index contributed by atoms with van der Waals surface area (Å²) >= 11 is 0. The van der Waals surface area contributed by atoms with E-state index in [9.17, 15) is 0 Å². The molecular formula is C9H19B. The molecule has 0 aromatic rings. The van der Waals surface area contributed by atoms with Crippen LogP contribution < -0.4 is 0 Å². The summed E-state index contributed by atoms with van der Waals surface area (Å²) < 4.78 is 0. The Hall–Kier alpha value is -0.195. The van der Waals surface area contributed by atoms with Crippen molar-refractivity contribution in [2.24, 2.45) is 5.92 Å². The SMILES string of the molecule is BCCC(C)/C(C)=C\CC. The van der Waals surface area contributed by atoms with E-state index in [0.717, 1.165) is 5.92 Å². The van der Waals surface area contributed by atoms with E-state index < -0.39 is 0 Å². The van der Waals surface area contributed by atoms with E-state index in [-0.39, 0.29) is 0 Å². The highest BCUT2D eigenvalue weighted by molar-refractivity contribution is 6.08. The topological polar surface area (TPSA) is 0 Å². The summed E-state index contributed by atoms with van der Waals surface area (Å²) in [5, 5.41) is 0. The van der Waals surface area contributed by atoms with E-state index in [1.54, 1.807) is 5.57 Å². The summed E-state index contributed by atoms with van der Waals surface area (Å²) in [7, 11) is 2.25. The Morgan fingerprint density at radius 1 is 1.60 bits per heavy atom. The van der Waals surface area contributed by atoms with Crippen molar-refractivity contribution in [1.29, 1.82) is 0 Å². The average molecular weight is 138 g/mol. The lowest BCUT2D eigenvalue weighted by molar-refractivity contribution is 0.652. The van der Waals surface area contributed by atoms with Crippen molar-refractivity contribution in [1.82, 2.24) is 0 Å². The maximum Gasteiger partial charge on any atom is 0.101 e. The lowest BCUT2D eigenvalue weighted by atomic mass is 9.90. The van der Waals surface area contributed by atoms with Crippen LogP contribution in [0.15, 0.2) is 11.6 Å². The summed E-state index contributed by atoms with van der Waals surface area (Å²) in [5.41, 5.74) is 1.56. The molecule has 1 unspecified atom stereocenters. The molecule has 0 rings (SSSR count). The molecule has 0 saturated carbocycles. The predicted octanol–water partition coefficient (Wildman–Crippen LogP) is 2.42. The second-order valence-corrected chi connectivity index (χ2v) is 3.05. The molecule has 1 atom stereocenters. The minimum atomic E-state index is 0.796. The lowest BCUT2D eigenvalue weighted by Gasteiger charge is -2.09. The molecule has 0 fully saturated rings. The summed E-state index contributed by atoms with van der Waals surface area (Å²) in [6.45, 7) is 6.75. The van der Waals surface area contributed by atoms with Crippen LogP contribution in [0.4, 0.5) is 0 Å². The normalized spacial score (nSPS) is 15.3. The smallest absolute Gasteiger partial charge is 0.0856 e. The molecule has 0 aromatic heterocycles. The molecule has 0 bridgehead atoms. The molecule has 0 saturated heterocycles. The first kappa shape index (κ1) is 9.80. The zero-order valence-electron chi connectivity index (χ0n) is 7.78. The molecule has 0 spiro atoms. The third-order valence-corrected chi connectivity index (χ3v) is 2.03. The van der Waals surface area contributed by atoms with E-state index in [0.29, 0.717) is 0 Å². The zero-order valence-corrected chi connectivity index (χ0v) is 7.78. The van der Waals surface area contributed by atoms with Gasteiger partial charge in [0.25, 0.3) is 0 Å². The molecule has 0 aliphatic heterocycles. The molecule has 58 valence electrons. The fourth-order valence-corrected chi connectivity index (χ4v) is 1.18. The molecule has 0 heterocycles. The van der Waals surface area contributed by atoms with Gasteiger partial charge < -0.3 is 0 Å². The second kappa shape index (κ2) is 5.58. The Balaban J connectivity index is 3.69. The van der Waals surface area contributed by atoms with Crippen LogP contribution in [0.2, 0.25) is 6.32 Å². The highest BCUT2D eigenvalue weighted by Crippen LogP contribution is 2.15. The van der Waals surface area contributed by atoms with Crippen molar-refractivity contribution < 1.29 is 0 Å². The van der Waals surface area contributed by atoms with Gasteiger partial charge in [0.2, 0.25) is 0 Å². The fourth-order valence-electron chi connectivity index (χ4n) is 1.18. The highest BCUT2D eigenvalue weighted by Gasteiger charge is 2.00. The number of allylic oxidation sites excluding steroid dienone is 2. The average Bonchev–Trinajstić information content (AvgIpc) is 1.89. The van der Waals surface area contributed by atoms with Crippen molar-refractivity contribution in [3.05, 3.63) is 11.6 Å². The first-order chi connectivity index (χ1) is 4.72. The second-order valence-electron chi connectivity index (χ2n) is 3.05.